The van der Waals surface area contributed by atoms with Crippen LogP contribution in [0.2, 0.25) is 0 Å². The van der Waals surface area contributed by atoms with E-state index in [1.807, 2.05) is 11.9 Å². The Hall–Kier alpha value is -1.85. The molecule has 0 spiro atoms. The third-order valence-electron chi connectivity index (χ3n) is 5.32. The number of rotatable bonds is 5. The van der Waals surface area contributed by atoms with Gasteiger partial charge in [0.2, 0.25) is 11.8 Å². The zero-order valence-electron chi connectivity index (χ0n) is 14.6. The molecule has 1 saturated carbocycles. The van der Waals surface area contributed by atoms with Crippen molar-refractivity contribution in [1.82, 2.24) is 14.5 Å². The molecule has 6 heteroatoms. The molecular weight excluding hydrogens is 304 g/mol. The molecular formula is C18H28N4O2. The Labute approximate surface area is 143 Å². The van der Waals surface area contributed by atoms with Gasteiger partial charge >= 0.3 is 0 Å². The van der Waals surface area contributed by atoms with E-state index in [0.29, 0.717) is 6.04 Å². The molecule has 132 valence electrons. The molecule has 0 atom stereocenters. The van der Waals surface area contributed by atoms with Gasteiger partial charge in [0, 0.05) is 38.9 Å². The largest absolute Gasteiger partial charge is 0.343 e. The lowest BCUT2D eigenvalue weighted by Crippen LogP contribution is -2.38. The van der Waals surface area contributed by atoms with Gasteiger partial charge < -0.3 is 14.8 Å². The van der Waals surface area contributed by atoms with Gasteiger partial charge in [-0.05, 0) is 25.7 Å². The minimum Gasteiger partial charge on any atom is -0.343 e. The number of fused-ring (bicyclic) bond motifs is 1. The first-order chi connectivity index (χ1) is 11.6. The van der Waals surface area contributed by atoms with E-state index < -0.39 is 0 Å². The summed E-state index contributed by atoms with van der Waals surface area (Å²) >= 11 is 0. The number of anilines is 1. The van der Waals surface area contributed by atoms with E-state index in [-0.39, 0.29) is 24.7 Å². The number of amides is 2. The number of aromatic nitrogens is 2. The van der Waals surface area contributed by atoms with Crippen LogP contribution in [0.3, 0.4) is 0 Å². The summed E-state index contributed by atoms with van der Waals surface area (Å²) in [7, 11) is 1.88. The highest BCUT2D eigenvalue weighted by Gasteiger charge is 2.22. The van der Waals surface area contributed by atoms with E-state index >= 15 is 0 Å². The highest BCUT2D eigenvalue weighted by molar-refractivity contribution is 5.92. The average Bonchev–Trinajstić information content (AvgIpc) is 3.03. The molecule has 6 nitrogen and oxygen atoms in total. The lowest BCUT2D eigenvalue weighted by molar-refractivity contribution is -0.134. The smallest absolute Gasteiger partial charge is 0.226 e. The van der Waals surface area contributed by atoms with Gasteiger partial charge in [-0.3, -0.25) is 9.59 Å². The number of carbonyl (C=O) groups excluding carboxylic acids is 2. The van der Waals surface area contributed by atoms with Gasteiger partial charge in [-0.1, -0.05) is 19.3 Å². The van der Waals surface area contributed by atoms with Crippen LogP contribution in [0.4, 0.5) is 5.82 Å². The molecule has 2 aliphatic rings. The lowest BCUT2D eigenvalue weighted by atomic mass is 9.94. The molecule has 0 unspecified atom stereocenters. The van der Waals surface area contributed by atoms with E-state index in [4.69, 9.17) is 0 Å². The van der Waals surface area contributed by atoms with Crippen molar-refractivity contribution in [3.63, 3.8) is 0 Å². The lowest BCUT2D eigenvalue weighted by Gasteiger charge is -2.31. The topological polar surface area (TPSA) is 67.2 Å². The summed E-state index contributed by atoms with van der Waals surface area (Å²) in [6, 6.07) is 0.358. The van der Waals surface area contributed by atoms with Gasteiger partial charge in [0.05, 0.1) is 6.20 Å². The van der Waals surface area contributed by atoms with E-state index in [2.05, 4.69) is 14.9 Å². The molecule has 0 aromatic carbocycles. The van der Waals surface area contributed by atoms with Crippen molar-refractivity contribution in [2.75, 3.05) is 12.4 Å². The van der Waals surface area contributed by atoms with Gasteiger partial charge in [0.15, 0.2) is 0 Å². The molecule has 1 aromatic heterocycles. The molecule has 0 radical (unpaired) electrons. The number of imidazole rings is 1. The second-order valence-corrected chi connectivity index (χ2v) is 7.01. The third kappa shape index (κ3) is 3.97. The second-order valence-electron chi connectivity index (χ2n) is 7.01. The molecule has 2 amide bonds. The highest BCUT2D eigenvalue weighted by atomic mass is 16.2. The van der Waals surface area contributed by atoms with Crippen LogP contribution in [0.25, 0.3) is 0 Å². The maximum atomic E-state index is 12.3. The predicted molar refractivity (Wildman–Crippen MR) is 92.7 cm³/mol. The van der Waals surface area contributed by atoms with E-state index in [1.165, 1.54) is 19.3 Å². The Bertz CT molecular complexity index is 590. The number of nitrogens with one attached hydrogen (secondary N) is 1. The van der Waals surface area contributed by atoms with Crippen LogP contribution in [-0.2, 0) is 22.6 Å². The van der Waals surface area contributed by atoms with Crippen molar-refractivity contribution in [3.8, 4) is 0 Å². The Morgan fingerprint density at radius 2 is 2.00 bits per heavy atom. The van der Waals surface area contributed by atoms with Gasteiger partial charge in [0.1, 0.15) is 11.6 Å². The molecule has 1 aliphatic carbocycles. The fraction of sp³-hybridized carbons (Fsp3) is 0.722. The fourth-order valence-electron chi connectivity index (χ4n) is 3.79. The standard InChI is InChI=1S/C18H28N4O2/c1-21(14-7-3-2-4-8-14)18(24)11-10-17(23)20-16-13-19-15-9-5-6-12-22(15)16/h13-14H,2-12H2,1H3,(H,20,23). The second kappa shape index (κ2) is 7.81. The molecule has 24 heavy (non-hydrogen) atoms. The fourth-order valence-corrected chi connectivity index (χ4v) is 3.79. The summed E-state index contributed by atoms with van der Waals surface area (Å²) in [5, 5.41) is 2.91. The first kappa shape index (κ1) is 17.0. The van der Waals surface area contributed by atoms with Crippen molar-refractivity contribution in [2.45, 2.75) is 76.8 Å². The van der Waals surface area contributed by atoms with Crippen LogP contribution in [0.15, 0.2) is 6.20 Å². The Balaban J connectivity index is 1.46. The first-order valence-electron chi connectivity index (χ1n) is 9.25. The predicted octanol–water partition coefficient (Wildman–Crippen LogP) is 2.73. The molecule has 0 saturated heterocycles. The van der Waals surface area contributed by atoms with Crippen molar-refractivity contribution in [2.24, 2.45) is 0 Å². The SMILES string of the molecule is CN(C(=O)CCC(=O)Nc1cnc2n1CCCC2)C1CCCCC1. The first-order valence-corrected chi connectivity index (χ1v) is 9.25. The Morgan fingerprint density at radius 1 is 1.21 bits per heavy atom. The monoisotopic (exact) mass is 332 g/mol. The minimum atomic E-state index is -0.103. The number of nitrogens with zero attached hydrogens (tertiary/aromatic N) is 3. The number of carbonyl (C=O) groups is 2. The van der Waals surface area contributed by atoms with Crippen LogP contribution >= 0.6 is 0 Å². The van der Waals surface area contributed by atoms with E-state index in [9.17, 15) is 9.59 Å². The van der Waals surface area contributed by atoms with Crippen LogP contribution in [0.1, 0.15) is 63.6 Å². The van der Waals surface area contributed by atoms with Crippen LogP contribution < -0.4 is 5.32 Å². The summed E-state index contributed by atoms with van der Waals surface area (Å²) in [5.74, 6) is 1.79. The number of aryl methyl sites for hydroxylation is 1. The number of hydrogen-bond donors (Lipinski definition) is 1. The molecule has 3 rings (SSSR count). The summed E-state index contributed by atoms with van der Waals surface area (Å²) in [6.07, 6.45) is 11.4. The molecule has 0 bridgehead atoms. The maximum absolute atomic E-state index is 12.3. The van der Waals surface area contributed by atoms with Gasteiger partial charge in [-0.25, -0.2) is 4.98 Å². The summed E-state index contributed by atoms with van der Waals surface area (Å²) < 4.78 is 2.08. The molecule has 2 heterocycles. The highest BCUT2D eigenvalue weighted by Crippen LogP contribution is 2.22. The molecule has 1 fully saturated rings. The molecule has 1 aromatic rings. The van der Waals surface area contributed by atoms with Crippen LogP contribution in [0.5, 0.6) is 0 Å². The van der Waals surface area contributed by atoms with Crippen molar-refractivity contribution >= 4 is 17.6 Å². The van der Waals surface area contributed by atoms with Gasteiger partial charge in [0.25, 0.3) is 0 Å². The normalized spacial score (nSPS) is 18.0. The summed E-state index contributed by atoms with van der Waals surface area (Å²) in [4.78, 5) is 30.7. The maximum Gasteiger partial charge on any atom is 0.226 e. The summed E-state index contributed by atoms with van der Waals surface area (Å²) in [6.45, 7) is 0.911. The Kier molecular flexibility index (Phi) is 5.53. The molecule has 1 N–H and O–H groups in total. The van der Waals surface area contributed by atoms with Gasteiger partial charge in [-0.15, -0.1) is 0 Å². The zero-order chi connectivity index (χ0) is 16.9. The quantitative estimate of drug-likeness (QED) is 0.901. The third-order valence-corrected chi connectivity index (χ3v) is 5.32. The Morgan fingerprint density at radius 3 is 2.79 bits per heavy atom. The van der Waals surface area contributed by atoms with Crippen molar-refractivity contribution in [1.29, 1.82) is 0 Å². The van der Waals surface area contributed by atoms with Crippen molar-refractivity contribution < 1.29 is 9.59 Å². The van der Waals surface area contributed by atoms with E-state index in [1.54, 1.807) is 6.20 Å². The average molecular weight is 332 g/mol. The summed E-state index contributed by atoms with van der Waals surface area (Å²) in [5.41, 5.74) is 0. The zero-order valence-corrected chi connectivity index (χ0v) is 14.6. The number of hydrogen-bond acceptors (Lipinski definition) is 3. The molecule has 1 aliphatic heterocycles. The van der Waals surface area contributed by atoms with E-state index in [0.717, 1.165) is 50.3 Å². The van der Waals surface area contributed by atoms with Crippen LogP contribution in [0, 0.1) is 0 Å². The van der Waals surface area contributed by atoms with Gasteiger partial charge in [-0.2, -0.15) is 0 Å². The minimum absolute atomic E-state index is 0.0763. The van der Waals surface area contributed by atoms with Crippen LogP contribution in [-0.4, -0.2) is 39.4 Å². The van der Waals surface area contributed by atoms with Crippen molar-refractivity contribution in [3.05, 3.63) is 12.0 Å².